The maximum atomic E-state index is 14.2. The molecule has 0 aromatic carbocycles. The van der Waals surface area contributed by atoms with Crippen molar-refractivity contribution in [2.24, 2.45) is 17.8 Å². The van der Waals surface area contributed by atoms with Crippen LogP contribution in [0.15, 0.2) is 29.6 Å². The van der Waals surface area contributed by atoms with Crippen LogP contribution < -0.4 is 16.0 Å². The monoisotopic (exact) mass is 718 g/mol. The van der Waals surface area contributed by atoms with Crippen molar-refractivity contribution in [3.05, 3.63) is 96.5 Å². The Bertz CT molecular complexity index is 2200. The summed E-state index contributed by atoms with van der Waals surface area (Å²) in [4.78, 5) is 51.6. The molecule has 280 valence electrons. The number of carbonyl (C=O) groups is 3. The van der Waals surface area contributed by atoms with E-state index in [-0.39, 0.29) is 30.7 Å². The zero-order chi connectivity index (χ0) is 38.1. The first-order valence-electron chi connectivity index (χ1n) is 19.0. The molecular formula is C44H54N4O5. The highest BCUT2D eigenvalue weighted by molar-refractivity contribution is 6.24. The second-order valence-corrected chi connectivity index (χ2v) is 15.2. The smallest absolute Gasteiger partial charge is 0.321 e. The fourth-order valence-corrected chi connectivity index (χ4v) is 8.21. The summed E-state index contributed by atoms with van der Waals surface area (Å²) in [5.74, 6) is -1.81. The Kier molecular flexibility index (Phi) is 11.0. The quantitative estimate of drug-likeness (QED) is 0.0890. The first-order valence-corrected chi connectivity index (χ1v) is 19.0. The van der Waals surface area contributed by atoms with Crippen LogP contribution in [0.25, 0.3) is 29.9 Å². The number of Topliss-reactive ketones (excluding diaryl/α,β-unsaturated/α-hetero) is 1. The van der Waals surface area contributed by atoms with Crippen molar-refractivity contribution in [3.8, 4) is 0 Å². The Hall–Kier alpha value is -5.05. The molecule has 5 heterocycles. The van der Waals surface area contributed by atoms with Gasteiger partial charge in [-0.1, -0.05) is 45.4 Å². The van der Waals surface area contributed by atoms with Gasteiger partial charge >= 0.3 is 11.9 Å². The topological polar surface area (TPSA) is 129 Å². The molecule has 3 aromatic heterocycles. The Morgan fingerprint density at radius 1 is 0.981 bits per heavy atom. The molecule has 6 rings (SSSR count). The number of aromatic amines is 3. The zero-order valence-corrected chi connectivity index (χ0v) is 32.5. The fraction of sp³-hybridized carbons (Fsp3) is 0.432. The van der Waals surface area contributed by atoms with E-state index in [0.29, 0.717) is 35.6 Å². The van der Waals surface area contributed by atoms with Gasteiger partial charge < -0.3 is 29.7 Å². The number of carbonyl (C=O) groups excluding carboxylic acids is 3. The lowest BCUT2D eigenvalue weighted by molar-refractivity contribution is -0.143. The second-order valence-electron chi connectivity index (χ2n) is 15.2. The van der Waals surface area contributed by atoms with Gasteiger partial charge in [0.2, 0.25) is 0 Å². The number of H-pyrrole nitrogens is 3. The van der Waals surface area contributed by atoms with Crippen LogP contribution in [0.3, 0.4) is 0 Å². The molecule has 3 aliphatic rings. The van der Waals surface area contributed by atoms with Crippen molar-refractivity contribution in [2.45, 2.75) is 93.4 Å². The first kappa shape index (κ1) is 37.7. The SMILES string of the molecule is C=Cc1c2[nH]c(c1C)/C=C1/C[C@H](CCC(=O)OC/C=C(\C)CCCC(C)C)/C(=C3/c4[nH]c(c(C)c4C(=O)[C@@H]3C(=O)OC)/C=c3\[nH]/c(c(C)c3CC)=C\2)N1. The van der Waals surface area contributed by atoms with Gasteiger partial charge in [0.1, 0.15) is 12.5 Å². The molecule has 2 aliphatic heterocycles. The number of ether oxygens (including phenoxy) is 2. The number of esters is 2. The van der Waals surface area contributed by atoms with Crippen LogP contribution in [-0.2, 0) is 25.5 Å². The molecule has 1 saturated heterocycles. The predicted octanol–water partition coefficient (Wildman–Crippen LogP) is 7.22. The van der Waals surface area contributed by atoms with Crippen LogP contribution in [0.1, 0.15) is 127 Å². The molecule has 3 aromatic rings. The largest absolute Gasteiger partial charge is 0.468 e. The molecule has 9 heteroatoms. The Morgan fingerprint density at radius 3 is 2.42 bits per heavy atom. The van der Waals surface area contributed by atoms with E-state index in [4.69, 9.17) is 9.47 Å². The molecule has 0 radical (unpaired) electrons. The summed E-state index contributed by atoms with van der Waals surface area (Å²) in [6, 6.07) is 0. The number of methoxy groups -OCH3 is 1. The van der Waals surface area contributed by atoms with Gasteiger partial charge in [-0.15, -0.1) is 0 Å². The zero-order valence-electron chi connectivity index (χ0n) is 32.5. The van der Waals surface area contributed by atoms with E-state index < -0.39 is 11.9 Å². The van der Waals surface area contributed by atoms with Crippen molar-refractivity contribution in [3.63, 3.8) is 0 Å². The van der Waals surface area contributed by atoms with Crippen LogP contribution in [0.2, 0.25) is 0 Å². The third-order valence-corrected chi connectivity index (χ3v) is 11.2. The second kappa shape index (κ2) is 15.5. The number of aromatic nitrogens is 3. The van der Waals surface area contributed by atoms with Crippen LogP contribution in [0.4, 0.5) is 0 Å². The highest BCUT2D eigenvalue weighted by atomic mass is 16.5. The Labute approximate surface area is 312 Å². The van der Waals surface area contributed by atoms with Gasteiger partial charge in [-0.2, -0.15) is 0 Å². The molecule has 8 bridgehead atoms. The normalized spacial score (nSPS) is 21.4. The number of allylic oxidation sites excluding steroid dienone is 3. The summed E-state index contributed by atoms with van der Waals surface area (Å²) in [5, 5.41) is 5.58. The van der Waals surface area contributed by atoms with Crippen molar-refractivity contribution in [1.82, 2.24) is 20.3 Å². The maximum Gasteiger partial charge on any atom is 0.321 e. The van der Waals surface area contributed by atoms with Crippen molar-refractivity contribution >= 4 is 47.6 Å². The van der Waals surface area contributed by atoms with Gasteiger partial charge in [0.25, 0.3) is 0 Å². The number of ketones is 1. The van der Waals surface area contributed by atoms with Gasteiger partial charge in [-0.3, -0.25) is 14.4 Å². The molecule has 9 nitrogen and oxygen atoms in total. The van der Waals surface area contributed by atoms with E-state index >= 15 is 0 Å². The minimum atomic E-state index is -1.13. The molecule has 1 aliphatic carbocycles. The molecule has 53 heavy (non-hydrogen) atoms. The maximum absolute atomic E-state index is 14.2. The van der Waals surface area contributed by atoms with Gasteiger partial charge in [-0.05, 0) is 112 Å². The van der Waals surface area contributed by atoms with E-state index in [0.717, 1.165) is 80.7 Å². The number of fused-ring (bicyclic) bond motifs is 7. The lowest BCUT2D eigenvalue weighted by Crippen LogP contribution is -2.25. The van der Waals surface area contributed by atoms with E-state index in [1.165, 1.54) is 24.7 Å². The molecule has 2 atom stereocenters. The minimum absolute atomic E-state index is 0.185. The fourth-order valence-electron chi connectivity index (χ4n) is 8.21. The molecule has 0 spiro atoms. The van der Waals surface area contributed by atoms with E-state index in [2.05, 4.69) is 86.6 Å². The minimum Gasteiger partial charge on any atom is -0.468 e. The number of hydrogen-bond donors (Lipinski definition) is 4. The van der Waals surface area contributed by atoms with Crippen LogP contribution in [-0.4, -0.2) is 46.4 Å². The van der Waals surface area contributed by atoms with Crippen molar-refractivity contribution in [2.75, 3.05) is 13.7 Å². The van der Waals surface area contributed by atoms with E-state index in [1.54, 1.807) is 0 Å². The average molecular weight is 719 g/mol. The lowest BCUT2D eigenvalue weighted by Gasteiger charge is -2.18. The van der Waals surface area contributed by atoms with Gasteiger partial charge in [0, 0.05) is 68.2 Å². The van der Waals surface area contributed by atoms with Gasteiger partial charge in [0.15, 0.2) is 5.78 Å². The summed E-state index contributed by atoms with van der Waals surface area (Å²) < 4.78 is 10.9. The highest BCUT2D eigenvalue weighted by Gasteiger charge is 2.47. The number of hydrogen-bond acceptors (Lipinski definition) is 6. The molecular weight excluding hydrogens is 665 g/mol. The van der Waals surface area contributed by atoms with Crippen LogP contribution in [0, 0.1) is 38.5 Å². The van der Waals surface area contributed by atoms with E-state index in [1.807, 2.05) is 19.1 Å². The third kappa shape index (κ3) is 7.31. The van der Waals surface area contributed by atoms with Crippen LogP contribution >= 0.6 is 0 Å². The molecule has 0 unspecified atom stereocenters. The average Bonchev–Trinajstić information content (AvgIpc) is 3.88. The molecule has 0 saturated carbocycles. The number of nitrogens with one attached hydrogen (secondary N) is 4. The van der Waals surface area contributed by atoms with Crippen molar-refractivity contribution in [1.29, 1.82) is 0 Å². The predicted molar refractivity (Wildman–Crippen MR) is 211 cm³/mol. The van der Waals surface area contributed by atoms with Gasteiger partial charge in [0.05, 0.1) is 12.8 Å². The number of rotatable bonds is 12. The summed E-state index contributed by atoms with van der Waals surface area (Å²) in [6.45, 7) is 19.2. The Balaban J connectivity index is 1.45. The lowest BCUT2D eigenvalue weighted by atomic mass is 9.90. The standard InChI is InChI=1S/C44H54N4O5/c1-10-30-25(6)32-20-29-19-28(15-16-37(49)53-18-17-24(5)14-12-13-23(3)4)41(45-29)39-40(44(51)52-9)43(50)38-27(8)34(48-42(38)39)22-36-31(11-2)26(7)33(47-36)21-35(30)46-32/h10,17,20-23,28,40,45-48H,1,11-16,18-19H2,2-9H3/b24-17+,29-20-,33-21-,36-22-,41-39-/t28-,40+/m0/s1. The highest BCUT2D eigenvalue weighted by Crippen LogP contribution is 2.46. The molecule has 1 fully saturated rings. The molecule has 0 amide bonds. The first-order chi connectivity index (χ1) is 25.4. The Morgan fingerprint density at radius 2 is 1.72 bits per heavy atom. The van der Waals surface area contributed by atoms with Crippen molar-refractivity contribution < 1.29 is 23.9 Å². The van der Waals surface area contributed by atoms with Crippen LogP contribution in [0.5, 0.6) is 0 Å². The molecule has 4 N–H and O–H groups in total. The summed E-state index contributed by atoms with van der Waals surface area (Å²) in [6.07, 6.45) is 15.5. The summed E-state index contributed by atoms with van der Waals surface area (Å²) in [5.41, 5.74) is 12.4. The summed E-state index contributed by atoms with van der Waals surface area (Å²) in [7, 11) is 1.31. The summed E-state index contributed by atoms with van der Waals surface area (Å²) >= 11 is 0. The third-order valence-electron chi connectivity index (χ3n) is 11.2. The van der Waals surface area contributed by atoms with E-state index in [9.17, 15) is 14.4 Å². The van der Waals surface area contributed by atoms with Gasteiger partial charge in [-0.25, -0.2) is 0 Å².